The minimum atomic E-state index is -0.509. The van der Waals surface area contributed by atoms with Crippen molar-refractivity contribution < 1.29 is 0 Å². The number of rotatable bonds is 5. The Bertz CT molecular complexity index is 3240. The summed E-state index contributed by atoms with van der Waals surface area (Å²) in [4.78, 5) is 5.65. The van der Waals surface area contributed by atoms with Gasteiger partial charge in [0.1, 0.15) is 0 Å². The number of hydrogen-bond acceptors (Lipinski definition) is 2. The molecule has 6 aliphatic carbocycles. The zero-order valence-corrected chi connectivity index (χ0v) is 43.5. The molecule has 3 fully saturated rings. The van der Waals surface area contributed by atoms with Gasteiger partial charge in [-0.1, -0.05) is 176 Å². The van der Waals surface area contributed by atoms with E-state index >= 15 is 0 Å². The van der Waals surface area contributed by atoms with Crippen molar-refractivity contribution >= 4 is 39.1 Å². The fourth-order valence-electron chi connectivity index (χ4n) is 17.5. The summed E-state index contributed by atoms with van der Waals surface area (Å²) in [5, 5.41) is 2.68. The van der Waals surface area contributed by atoms with E-state index in [-0.39, 0.29) is 10.8 Å². The first kappa shape index (κ1) is 44.1. The van der Waals surface area contributed by atoms with Crippen LogP contribution in [0.1, 0.15) is 195 Å². The van der Waals surface area contributed by atoms with Gasteiger partial charge in [0.2, 0.25) is 0 Å². The van der Waals surface area contributed by atoms with Gasteiger partial charge in [0, 0.05) is 39.0 Å². The lowest BCUT2D eigenvalue weighted by molar-refractivity contribution is 0.269. The average Bonchev–Trinajstić information content (AvgIpc) is 3.79. The second-order valence-electron chi connectivity index (χ2n) is 24.9. The van der Waals surface area contributed by atoms with Crippen LogP contribution in [0.4, 0.5) is 22.7 Å². The van der Waals surface area contributed by atoms with Gasteiger partial charge in [0.15, 0.2) is 0 Å². The van der Waals surface area contributed by atoms with Crippen LogP contribution in [0.3, 0.4) is 0 Å². The Labute approximate surface area is 425 Å². The van der Waals surface area contributed by atoms with E-state index in [1.165, 1.54) is 152 Å². The van der Waals surface area contributed by atoms with Gasteiger partial charge < -0.3 is 9.80 Å². The van der Waals surface area contributed by atoms with Crippen LogP contribution < -0.4 is 9.80 Å². The summed E-state index contributed by atoms with van der Waals surface area (Å²) in [6.45, 7) is 16.0. The molecule has 0 radical (unpaired) electrons. The van der Waals surface area contributed by atoms with Gasteiger partial charge in [0.05, 0.1) is 16.6 Å². The first-order chi connectivity index (χ1) is 34.5. The van der Waals surface area contributed by atoms with E-state index in [0.29, 0.717) is 17.8 Å². The van der Waals surface area contributed by atoms with E-state index in [4.69, 9.17) is 0 Å². The smallest absolute Gasteiger partial charge is 0.0839 e. The maximum Gasteiger partial charge on any atom is 0.0839 e. The summed E-state index contributed by atoms with van der Waals surface area (Å²) in [7, 11) is 0. The SMILES string of the molecule is CC12C=C3N(c4ccccc4)c4c(C5CCCCC5)cccc4C3(C)C3=C1C(C)(C=C1c4c(C5CCCCC5)cccc4C(C)(C)C13C)N(c1ccc(C3CCCCC3)cc1)c1ccc3ccccc3c12. The zero-order valence-electron chi connectivity index (χ0n) is 43.5. The molecule has 2 heteroatoms. The van der Waals surface area contributed by atoms with E-state index in [2.05, 4.69) is 191 Å². The van der Waals surface area contributed by atoms with E-state index in [0.717, 1.165) is 0 Å². The Hall–Kier alpha value is -5.60. The molecule has 14 rings (SSSR count). The van der Waals surface area contributed by atoms with Crippen LogP contribution in [0.25, 0.3) is 16.3 Å². The Morgan fingerprint density at radius 3 is 1.77 bits per heavy atom. The second-order valence-corrected chi connectivity index (χ2v) is 24.9. The van der Waals surface area contributed by atoms with Gasteiger partial charge in [0.25, 0.3) is 0 Å². The highest BCUT2D eigenvalue weighted by molar-refractivity contribution is 6.01. The highest BCUT2D eigenvalue weighted by Crippen LogP contribution is 2.77. The minimum Gasteiger partial charge on any atom is -0.328 e. The number of fused-ring (bicyclic) bond motifs is 12. The second kappa shape index (κ2) is 15.7. The quantitative estimate of drug-likeness (QED) is 0.159. The predicted octanol–water partition coefficient (Wildman–Crippen LogP) is 18.8. The maximum atomic E-state index is 2.88. The van der Waals surface area contributed by atoms with Crippen molar-refractivity contribution in [1.29, 1.82) is 0 Å². The van der Waals surface area contributed by atoms with E-state index in [1.807, 2.05) is 0 Å². The van der Waals surface area contributed by atoms with Gasteiger partial charge in [-0.3, -0.25) is 0 Å². The molecule has 3 saturated carbocycles. The molecule has 0 saturated heterocycles. The third kappa shape index (κ3) is 5.83. The molecule has 0 N–H and O–H groups in total. The summed E-state index contributed by atoms with van der Waals surface area (Å²) in [5.74, 6) is 1.80. The lowest BCUT2D eigenvalue weighted by Crippen LogP contribution is -2.61. The Morgan fingerprint density at radius 2 is 1.08 bits per heavy atom. The molecule has 2 heterocycles. The van der Waals surface area contributed by atoms with Crippen molar-refractivity contribution in [2.45, 2.75) is 177 Å². The van der Waals surface area contributed by atoms with Crippen LogP contribution in [-0.4, -0.2) is 5.54 Å². The molecule has 6 aromatic rings. The van der Waals surface area contributed by atoms with Crippen LogP contribution in [0, 0.1) is 5.41 Å². The summed E-state index contributed by atoms with van der Waals surface area (Å²) >= 11 is 0. The lowest BCUT2D eigenvalue weighted by Gasteiger charge is -2.64. The molecule has 360 valence electrons. The normalized spacial score (nSPS) is 28.9. The molecular weight excluding hydrogens is 857 g/mol. The number of nitrogens with zero attached hydrogens (tertiary/aromatic N) is 2. The van der Waals surface area contributed by atoms with Crippen LogP contribution >= 0.6 is 0 Å². The first-order valence-electron chi connectivity index (χ1n) is 28.3. The number of para-hydroxylation sites is 2. The fraction of sp³-hybridized carbons (Fsp3) is 0.420. The van der Waals surface area contributed by atoms with Crippen molar-refractivity contribution in [1.82, 2.24) is 0 Å². The zero-order chi connectivity index (χ0) is 48.1. The van der Waals surface area contributed by atoms with E-state index in [1.54, 1.807) is 39.0 Å². The van der Waals surface area contributed by atoms with Crippen molar-refractivity contribution in [3.8, 4) is 0 Å². The third-order valence-electron chi connectivity index (χ3n) is 21.0. The summed E-state index contributed by atoms with van der Waals surface area (Å²) in [6, 6.07) is 51.0. The third-order valence-corrected chi connectivity index (χ3v) is 21.0. The minimum absolute atomic E-state index is 0.207. The standard InChI is InChI=1S/C69H74N2/c1-65(2)55-35-21-33-52(47-25-13-8-14-26-47)60(55)57-43-67(4)63-64(69(57,65)6)68(5)56-36-22-34-54(48-27-15-9-16-28-48)62(56)70(50-30-17-10-18-31-50)59(68)44-66(63,3)61-53-32-20-19-29-49(53)39-42-58(61)71(67)51-40-37-46(38-41-51)45-23-11-7-12-24-45/h10,17-22,29-45,47-48H,7-9,11-16,23-28H2,1-6H3. The molecule has 0 bridgehead atoms. The number of benzene rings is 6. The van der Waals surface area contributed by atoms with E-state index < -0.39 is 16.4 Å². The molecule has 0 amide bonds. The molecule has 0 aromatic heterocycles. The molecule has 2 nitrogen and oxygen atoms in total. The first-order valence-corrected chi connectivity index (χ1v) is 28.3. The van der Waals surface area contributed by atoms with Gasteiger partial charge in [-0.25, -0.2) is 0 Å². The Balaban J connectivity index is 1.13. The van der Waals surface area contributed by atoms with Crippen LogP contribution in [0.5, 0.6) is 0 Å². The van der Waals surface area contributed by atoms with Gasteiger partial charge in [-0.2, -0.15) is 0 Å². The molecule has 71 heavy (non-hydrogen) atoms. The largest absolute Gasteiger partial charge is 0.328 e. The fourth-order valence-corrected chi connectivity index (χ4v) is 17.5. The van der Waals surface area contributed by atoms with Gasteiger partial charge in [-0.15, -0.1) is 0 Å². The number of anilines is 4. The molecule has 8 aliphatic rings. The topological polar surface area (TPSA) is 6.48 Å². The van der Waals surface area contributed by atoms with Crippen molar-refractivity contribution in [2.75, 3.05) is 9.80 Å². The molecule has 4 unspecified atom stereocenters. The molecule has 4 atom stereocenters. The molecular formula is C69H74N2. The van der Waals surface area contributed by atoms with Crippen molar-refractivity contribution in [3.63, 3.8) is 0 Å². The maximum absolute atomic E-state index is 2.88. The van der Waals surface area contributed by atoms with E-state index in [9.17, 15) is 0 Å². The molecule has 2 aliphatic heterocycles. The molecule has 6 aromatic carbocycles. The number of allylic oxidation sites excluding steroid dienone is 3. The summed E-state index contributed by atoms with van der Waals surface area (Å²) in [5.41, 5.74) is 20.4. The number of hydrogen-bond donors (Lipinski definition) is 0. The summed E-state index contributed by atoms with van der Waals surface area (Å²) < 4.78 is 0. The summed E-state index contributed by atoms with van der Waals surface area (Å²) in [6.07, 6.45) is 25.5. The predicted molar refractivity (Wildman–Crippen MR) is 299 cm³/mol. The average molecular weight is 931 g/mol. The van der Waals surface area contributed by atoms with Gasteiger partial charge in [-0.05, 0) is 186 Å². The van der Waals surface area contributed by atoms with Crippen LogP contribution in [0.15, 0.2) is 156 Å². The van der Waals surface area contributed by atoms with Gasteiger partial charge >= 0.3 is 0 Å². The highest BCUT2D eigenvalue weighted by Gasteiger charge is 2.70. The lowest BCUT2D eigenvalue weighted by atomic mass is 9.44. The van der Waals surface area contributed by atoms with Crippen LogP contribution in [-0.2, 0) is 16.2 Å². The Kier molecular flexibility index (Phi) is 9.76. The monoisotopic (exact) mass is 931 g/mol. The van der Waals surface area contributed by atoms with Crippen molar-refractivity contribution in [2.24, 2.45) is 5.41 Å². The Morgan fingerprint density at radius 1 is 0.479 bits per heavy atom. The van der Waals surface area contributed by atoms with Crippen molar-refractivity contribution in [3.05, 3.63) is 195 Å². The highest BCUT2D eigenvalue weighted by atomic mass is 15.2. The molecule has 0 spiro atoms. The van der Waals surface area contributed by atoms with Crippen LogP contribution in [0.2, 0.25) is 0 Å².